The van der Waals surface area contributed by atoms with Crippen LogP contribution in [0.5, 0.6) is 0 Å². The number of anilines is 1. The maximum atomic E-state index is 13.6. The predicted octanol–water partition coefficient (Wildman–Crippen LogP) is 5.69. The van der Waals surface area contributed by atoms with E-state index in [9.17, 15) is 18.0 Å². The molecule has 1 saturated heterocycles. The second kappa shape index (κ2) is 13.9. The lowest BCUT2D eigenvalue weighted by atomic mass is 9.86. The first-order valence-electron chi connectivity index (χ1n) is 15.0. The minimum Gasteiger partial charge on any atom is -0.448 e. The highest BCUT2D eigenvalue weighted by molar-refractivity contribution is 7.89. The van der Waals surface area contributed by atoms with Crippen molar-refractivity contribution in [1.29, 1.82) is 0 Å². The molecule has 1 atom stereocenters. The molecule has 3 N–H and O–H groups in total. The number of alkyl carbamates (subject to hydrolysis) is 1. The Morgan fingerprint density at radius 1 is 1.12 bits per heavy atom. The number of hydrogen-bond acceptors (Lipinski definition) is 9. The Balaban J connectivity index is 1.49. The highest BCUT2D eigenvalue weighted by Crippen LogP contribution is 2.40. The van der Waals surface area contributed by atoms with E-state index in [0.29, 0.717) is 11.3 Å². The molecule has 0 spiro atoms. The van der Waals surface area contributed by atoms with Gasteiger partial charge in [0, 0.05) is 41.0 Å². The van der Waals surface area contributed by atoms with Crippen molar-refractivity contribution in [1.82, 2.24) is 19.9 Å². The number of thiazole rings is 1. The number of amides is 2. The van der Waals surface area contributed by atoms with Gasteiger partial charge in [-0.25, -0.2) is 27.7 Å². The van der Waals surface area contributed by atoms with Crippen LogP contribution in [0.2, 0.25) is 0 Å². The Morgan fingerprint density at radius 3 is 2.47 bits per heavy atom. The van der Waals surface area contributed by atoms with E-state index in [1.165, 1.54) is 17.4 Å². The molecule has 2 aliphatic rings. The van der Waals surface area contributed by atoms with E-state index in [4.69, 9.17) is 9.47 Å². The number of carbonyl (C=O) groups is 2. The van der Waals surface area contributed by atoms with E-state index in [1.807, 2.05) is 20.9 Å². The zero-order chi connectivity index (χ0) is 31.4. The van der Waals surface area contributed by atoms with Gasteiger partial charge in [0.05, 0.1) is 20.9 Å². The summed E-state index contributed by atoms with van der Waals surface area (Å²) in [6, 6.07) is 5.11. The minimum absolute atomic E-state index is 0.0579. The Hall–Kier alpha value is -2.74. The lowest BCUT2D eigenvalue weighted by Crippen LogP contribution is -2.40. The van der Waals surface area contributed by atoms with Crippen LogP contribution >= 0.6 is 11.3 Å². The molecule has 2 aromatic rings. The molecular weight excluding hydrogens is 590 g/mol. The SMILES string of the molecule is CC(C)OC(=O)NC1CCC(c2ncc(-c3ccc(NC(=O)OC[C@H]4CCCN4C)cc3S(=O)(=O)NC(C)(C)C)s2)CC1. The van der Waals surface area contributed by atoms with E-state index in [0.717, 1.165) is 55.0 Å². The van der Waals surface area contributed by atoms with Crippen molar-refractivity contribution in [3.63, 3.8) is 0 Å². The number of ether oxygens (including phenoxy) is 2. The van der Waals surface area contributed by atoms with Gasteiger partial charge in [-0.05, 0) is 98.9 Å². The summed E-state index contributed by atoms with van der Waals surface area (Å²) >= 11 is 1.47. The van der Waals surface area contributed by atoms with Gasteiger partial charge in [-0.1, -0.05) is 6.07 Å². The highest BCUT2D eigenvalue weighted by Gasteiger charge is 2.29. The van der Waals surface area contributed by atoms with Crippen LogP contribution in [0.15, 0.2) is 29.3 Å². The molecule has 43 heavy (non-hydrogen) atoms. The van der Waals surface area contributed by atoms with Crippen molar-refractivity contribution < 1.29 is 27.5 Å². The van der Waals surface area contributed by atoms with Crippen LogP contribution in [-0.2, 0) is 19.5 Å². The second-order valence-electron chi connectivity index (χ2n) is 12.8. The van der Waals surface area contributed by atoms with Gasteiger partial charge in [0.25, 0.3) is 0 Å². The van der Waals surface area contributed by atoms with Crippen LogP contribution in [0, 0.1) is 0 Å². The molecule has 0 unspecified atom stereocenters. The number of aromatic nitrogens is 1. The summed E-state index contributed by atoms with van der Waals surface area (Å²) in [7, 11) is -1.94. The molecule has 2 fully saturated rings. The minimum atomic E-state index is -3.95. The van der Waals surface area contributed by atoms with Crippen molar-refractivity contribution in [3.8, 4) is 10.4 Å². The molecule has 4 rings (SSSR count). The molecule has 0 bridgehead atoms. The summed E-state index contributed by atoms with van der Waals surface area (Å²) in [4.78, 5) is 32.2. The van der Waals surface area contributed by atoms with Crippen molar-refractivity contribution >= 4 is 39.2 Å². The van der Waals surface area contributed by atoms with Crippen molar-refractivity contribution in [3.05, 3.63) is 29.4 Å². The molecule has 1 aliphatic heterocycles. The van der Waals surface area contributed by atoms with Gasteiger partial charge in [-0.2, -0.15) is 0 Å². The zero-order valence-electron chi connectivity index (χ0n) is 25.9. The number of nitrogens with one attached hydrogen (secondary N) is 3. The predicted molar refractivity (Wildman–Crippen MR) is 168 cm³/mol. The maximum absolute atomic E-state index is 13.6. The maximum Gasteiger partial charge on any atom is 0.411 e. The first-order chi connectivity index (χ1) is 20.2. The van der Waals surface area contributed by atoms with Crippen LogP contribution in [0.25, 0.3) is 10.4 Å². The molecule has 1 saturated carbocycles. The van der Waals surface area contributed by atoms with E-state index in [-0.39, 0.29) is 41.7 Å². The Kier molecular flexibility index (Phi) is 10.7. The number of hydrogen-bond donors (Lipinski definition) is 3. The van der Waals surface area contributed by atoms with Crippen LogP contribution in [0.1, 0.15) is 84.1 Å². The van der Waals surface area contributed by atoms with Crippen LogP contribution in [0.3, 0.4) is 0 Å². The standard InChI is InChI=1S/C30H45N5O6S2/c1-19(2)41-29(37)32-21-11-9-20(10-12-21)27-31-17-25(42-27)24-14-13-22(16-26(24)43(38,39)34-30(3,4)5)33-28(36)40-18-23-8-7-15-35(23)6/h13-14,16-17,19-21,23,34H,7-12,15,18H2,1-6H3,(H,32,37)(H,33,36)/t20?,21?,23-/m1/s1. The Bertz CT molecular complexity index is 1380. The van der Waals surface area contributed by atoms with Crippen molar-refractivity contribution in [2.75, 3.05) is 25.5 Å². The highest BCUT2D eigenvalue weighted by atomic mass is 32.2. The molecule has 1 aromatic carbocycles. The fraction of sp³-hybridized carbons (Fsp3) is 0.633. The number of rotatable bonds is 9. The third-order valence-electron chi connectivity index (χ3n) is 7.57. The van der Waals surface area contributed by atoms with Crippen molar-refractivity contribution in [2.45, 2.75) is 108 Å². The third-order valence-corrected chi connectivity index (χ3v) is 10.6. The lowest BCUT2D eigenvalue weighted by Gasteiger charge is -2.28. The Morgan fingerprint density at radius 2 is 1.84 bits per heavy atom. The number of carbonyl (C=O) groups excluding carboxylic acids is 2. The van der Waals surface area contributed by atoms with Gasteiger partial charge in [-0.15, -0.1) is 11.3 Å². The first kappa shape index (κ1) is 33.2. The van der Waals surface area contributed by atoms with Crippen LogP contribution < -0.4 is 15.4 Å². The molecular formula is C30H45N5O6S2. The van der Waals surface area contributed by atoms with E-state index < -0.39 is 21.7 Å². The third kappa shape index (κ3) is 9.37. The summed E-state index contributed by atoms with van der Waals surface area (Å²) < 4.78 is 40.6. The summed E-state index contributed by atoms with van der Waals surface area (Å²) in [6.07, 6.45) is 5.93. The molecule has 2 amide bonds. The molecule has 1 aromatic heterocycles. The van der Waals surface area contributed by atoms with Gasteiger partial charge in [0.1, 0.15) is 6.61 Å². The average Bonchev–Trinajstić information content (AvgIpc) is 3.55. The molecule has 11 nitrogen and oxygen atoms in total. The van der Waals surface area contributed by atoms with E-state index in [2.05, 4.69) is 25.2 Å². The number of benzene rings is 1. The lowest BCUT2D eigenvalue weighted by molar-refractivity contribution is 0.109. The fourth-order valence-corrected chi connectivity index (χ4v) is 8.36. The molecule has 0 radical (unpaired) electrons. The second-order valence-corrected chi connectivity index (χ2v) is 15.5. The van der Waals surface area contributed by atoms with E-state index >= 15 is 0 Å². The van der Waals surface area contributed by atoms with Crippen LogP contribution in [-0.4, -0.2) is 74.4 Å². The van der Waals surface area contributed by atoms with Gasteiger partial charge in [0.15, 0.2) is 0 Å². The summed E-state index contributed by atoms with van der Waals surface area (Å²) in [6.45, 7) is 10.2. The molecule has 2 heterocycles. The Labute approximate surface area is 259 Å². The first-order valence-corrected chi connectivity index (χ1v) is 17.3. The number of likely N-dealkylation sites (tertiary alicyclic amines) is 1. The summed E-state index contributed by atoms with van der Waals surface area (Å²) in [5.41, 5.74) is 0.131. The zero-order valence-corrected chi connectivity index (χ0v) is 27.6. The van der Waals surface area contributed by atoms with Crippen LogP contribution in [0.4, 0.5) is 15.3 Å². The monoisotopic (exact) mass is 635 g/mol. The van der Waals surface area contributed by atoms with E-state index in [1.54, 1.807) is 39.1 Å². The average molecular weight is 636 g/mol. The molecule has 238 valence electrons. The smallest absolute Gasteiger partial charge is 0.411 e. The topological polar surface area (TPSA) is 139 Å². The van der Waals surface area contributed by atoms with Gasteiger partial charge in [0.2, 0.25) is 10.0 Å². The summed E-state index contributed by atoms with van der Waals surface area (Å²) in [5.74, 6) is 0.222. The summed E-state index contributed by atoms with van der Waals surface area (Å²) in [5, 5.41) is 6.58. The van der Waals surface area contributed by atoms with Gasteiger partial charge < -0.3 is 19.7 Å². The number of sulfonamides is 1. The van der Waals surface area contributed by atoms with Gasteiger partial charge in [-0.3, -0.25) is 5.32 Å². The largest absolute Gasteiger partial charge is 0.448 e. The van der Waals surface area contributed by atoms with Crippen molar-refractivity contribution in [2.24, 2.45) is 0 Å². The normalized spacial score (nSPS) is 21.5. The number of nitrogens with zero attached hydrogens (tertiary/aromatic N) is 2. The van der Waals surface area contributed by atoms with Gasteiger partial charge >= 0.3 is 12.2 Å². The number of likely N-dealkylation sites (N-methyl/N-ethyl adjacent to an activating group) is 1. The molecule has 1 aliphatic carbocycles. The fourth-order valence-electron chi connectivity index (χ4n) is 5.50. The molecule has 13 heteroatoms. The quantitative estimate of drug-likeness (QED) is 0.319.